The SMILES string of the molecule is O=C(CCc1ccccc1F)N1CCN(S(=O)(=O)C2CCCC2)CC1. The highest BCUT2D eigenvalue weighted by atomic mass is 32.2. The van der Waals surface area contributed by atoms with E-state index >= 15 is 0 Å². The third-order valence-electron chi connectivity index (χ3n) is 5.24. The average Bonchev–Trinajstić information content (AvgIpc) is 3.16. The lowest BCUT2D eigenvalue weighted by Crippen LogP contribution is -2.52. The lowest BCUT2D eigenvalue weighted by atomic mass is 10.1. The standard InChI is InChI=1S/C18H25FN2O3S/c19-17-8-4-1-5-15(17)9-10-18(22)20-11-13-21(14-12-20)25(23,24)16-6-2-3-7-16/h1,4-5,8,16H,2-3,6-7,9-14H2. The number of piperazine rings is 1. The largest absolute Gasteiger partial charge is 0.340 e. The second kappa shape index (κ2) is 7.83. The van der Waals surface area contributed by atoms with Gasteiger partial charge in [-0.05, 0) is 30.9 Å². The van der Waals surface area contributed by atoms with Crippen molar-refractivity contribution in [1.29, 1.82) is 0 Å². The molecule has 138 valence electrons. The van der Waals surface area contributed by atoms with Crippen molar-refractivity contribution in [3.05, 3.63) is 35.6 Å². The van der Waals surface area contributed by atoms with E-state index in [2.05, 4.69) is 0 Å². The number of carbonyl (C=O) groups excluding carboxylic acids is 1. The molecule has 0 radical (unpaired) electrons. The van der Waals surface area contributed by atoms with Crippen molar-refractivity contribution in [1.82, 2.24) is 9.21 Å². The van der Waals surface area contributed by atoms with Crippen LogP contribution in [0.1, 0.15) is 37.7 Å². The molecule has 0 bridgehead atoms. The first-order valence-electron chi connectivity index (χ1n) is 8.98. The molecule has 0 atom stereocenters. The Morgan fingerprint density at radius 1 is 1.08 bits per heavy atom. The Hall–Kier alpha value is -1.47. The molecule has 0 aromatic heterocycles. The number of hydrogen-bond acceptors (Lipinski definition) is 3. The Morgan fingerprint density at radius 2 is 1.72 bits per heavy atom. The topological polar surface area (TPSA) is 57.7 Å². The molecule has 0 unspecified atom stereocenters. The maximum absolute atomic E-state index is 13.6. The maximum Gasteiger partial charge on any atom is 0.222 e. The fourth-order valence-corrected chi connectivity index (χ4v) is 5.71. The number of halogens is 1. The molecule has 7 heteroatoms. The molecular weight excluding hydrogens is 343 g/mol. The molecule has 1 saturated heterocycles. The van der Waals surface area contributed by atoms with Gasteiger partial charge in [0, 0.05) is 32.6 Å². The van der Waals surface area contributed by atoms with Gasteiger partial charge in [-0.15, -0.1) is 0 Å². The minimum absolute atomic E-state index is 0.0406. The van der Waals surface area contributed by atoms with Gasteiger partial charge < -0.3 is 4.90 Å². The number of rotatable bonds is 5. The van der Waals surface area contributed by atoms with Crippen molar-refractivity contribution in [3.63, 3.8) is 0 Å². The van der Waals surface area contributed by atoms with Gasteiger partial charge in [0.25, 0.3) is 0 Å². The van der Waals surface area contributed by atoms with Gasteiger partial charge in [0.05, 0.1) is 5.25 Å². The van der Waals surface area contributed by atoms with Crippen molar-refractivity contribution < 1.29 is 17.6 Å². The third-order valence-corrected chi connectivity index (χ3v) is 7.64. The minimum Gasteiger partial charge on any atom is -0.340 e. The Kier molecular flexibility index (Phi) is 5.74. The van der Waals surface area contributed by atoms with Crippen LogP contribution >= 0.6 is 0 Å². The van der Waals surface area contributed by atoms with Crippen LogP contribution in [-0.2, 0) is 21.2 Å². The van der Waals surface area contributed by atoms with Gasteiger partial charge in [-0.1, -0.05) is 31.0 Å². The average molecular weight is 368 g/mol. The summed E-state index contributed by atoms with van der Waals surface area (Å²) >= 11 is 0. The van der Waals surface area contributed by atoms with E-state index < -0.39 is 10.0 Å². The first-order chi connectivity index (χ1) is 12.0. The van der Waals surface area contributed by atoms with Crippen LogP contribution in [0.4, 0.5) is 4.39 Å². The summed E-state index contributed by atoms with van der Waals surface area (Å²) in [6.07, 6.45) is 4.09. The highest BCUT2D eigenvalue weighted by Crippen LogP contribution is 2.27. The van der Waals surface area contributed by atoms with Crippen molar-refractivity contribution in [2.75, 3.05) is 26.2 Å². The molecule has 1 amide bonds. The highest BCUT2D eigenvalue weighted by Gasteiger charge is 2.36. The number of sulfonamides is 1. The zero-order valence-electron chi connectivity index (χ0n) is 14.4. The molecule has 25 heavy (non-hydrogen) atoms. The summed E-state index contributed by atoms with van der Waals surface area (Å²) in [5.74, 6) is -0.330. The summed E-state index contributed by atoms with van der Waals surface area (Å²) in [6, 6.07) is 6.47. The first-order valence-corrected chi connectivity index (χ1v) is 10.5. The molecule has 1 heterocycles. The van der Waals surface area contributed by atoms with Gasteiger partial charge in [0.2, 0.25) is 15.9 Å². The quantitative estimate of drug-likeness (QED) is 0.800. The van der Waals surface area contributed by atoms with Crippen LogP contribution in [0.3, 0.4) is 0 Å². The molecule has 2 fully saturated rings. The van der Waals surface area contributed by atoms with Crippen LogP contribution in [0.5, 0.6) is 0 Å². The van der Waals surface area contributed by atoms with Crippen LogP contribution in [-0.4, -0.2) is 55.0 Å². The van der Waals surface area contributed by atoms with Gasteiger partial charge >= 0.3 is 0 Å². The predicted molar refractivity (Wildman–Crippen MR) is 94.0 cm³/mol. The molecule has 1 aliphatic heterocycles. The van der Waals surface area contributed by atoms with E-state index in [-0.39, 0.29) is 23.4 Å². The summed E-state index contributed by atoms with van der Waals surface area (Å²) in [7, 11) is -3.23. The van der Waals surface area contributed by atoms with E-state index in [4.69, 9.17) is 0 Å². The van der Waals surface area contributed by atoms with E-state index in [0.717, 1.165) is 25.7 Å². The Bertz CT molecular complexity index is 709. The number of aryl methyl sites for hydroxylation is 1. The minimum atomic E-state index is -3.23. The third kappa shape index (κ3) is 4.20. The van der Waals surface area contributed by atoms with Crippen molar-refractivity contribution in [2.45, 2.75) is 43.8 Å². The van der Waals surface area contributed by atoms with Gasteiger partial charge in [-0.3, -0.25) is 4.79 Å². The van der Waals surface area contributed by atoms with Crippen molar-refractivity contribution >= 4 is 15.9 Å². The molecule has 1 aromatic carbocycles. The second-order valence-corrected chi connectivity index (χ2v) is 9.04. The molecule has 2 aliphatic rings. The highest BCUT2D eigenvalue weighted by molar-refractivity contribution is 7.89. The fraction of sp³-hybridized carbons (Fsp3) is 0.611. The molecule has 0 spiro atoms. The maximum atomic E-state index is 13.6. The first kappa shape index (κ1) is 18.3. The summed E-state index contributed by atoms with van der Waals surface area (Å²) in [5, 5.41) is -0.240. The second-order valence-electron chi connectivity index (χ2n) is 6.82. The van der Waals surface area contributed by atoms with Crippen molar-refractivity contribution in [2.24, 2.45) is 0 Å². The summed E-state index contributed by atoms with van der Waals surface area (Å²) in [4.78, 5) is 14.0. The smallest absolute Gasteiger partial charge is 0.222 e. The Balaban J connectivity index is 1.50. The summed E-state index contributed by atoms with van der Waals surface area (Å²) in [6.45, 7) is 1.57. The molecule has 1 aliphatic carbocycles. The van der Waals surface area contributed by atoms with Crippen LogP contribution in [0.2, 0.25) is 0 Å². The summed E-state index contributed by atoms with van der Waals surface area (Å²) < 4.78 is 40.3. The van der Waals surface area contributed by atoms with E-state index in [0.29, 0.717) is 38.2 Å². The van der Waals surface area contributed by atoms with Crippen LogP contribution in [0.15, 0.2) is 24.3 Å². The molecule has 1 aromatic rings. The van der Waals surface area contributed by atoms with E-state index in [1.165, 1.54) is 6.07 Å². The number of benzene rings is 1. The van der Waals surface area contributed by atoms with Gasteiger partial charge in [0.15, 0.2) is 0 Å². The molecule has 0 N–H and O–H groups in total. The fourth-order valence-electron chi connectivity index (χ4n) is 3.69. The van der Waals surface area contributed by atoms with Gasteiger partial charge in [-0.2, -0.15) is 4.31 Å². The molecule has 3 rings (SSSR count). The van der Waals surface area contributed by atoms with Gasteiger partial charge in [0.1, 0.15) is 5.82 Å². The van der Waals surface area contributed by atoms with Gasteiger partial charge in [-0.25, -0.2) is 12.8 Å². The van der Waals surface area contributed by atoms with Crippen molar-refractivity contribution in [3.8, 4) is 0 Å². The number of carbonyl (C=O) groups is 1. The normalized spacial score (nSPS) is 20.1. The number of nitrogens with zero attached hydrogens (tertiary/aromatic N) is 2. The predicted octanol–water partition coefficient (Wildman–Crippen LogP) is 2.17. The zero-order valence-corrected chi connectivity index (χ0v) is 15.2. The van der Waals surface area contributed by atoms with Crippen LogP contribution in [0, 0.1) is 5.82 Å². The summed E-state index contributed by atoms with van der Waals surface area (Å²) in [5.41, 5.74) is 0.540. The molecule has 1 saturated carbocycles. The Morgan fingerprint density at radius 3 is 2.36 bits per heavy atom. The van der Waals surface area contributed by atoms with Crippen LogP contribution < -0.4 is 0 Å². The Labute approximate surface area is 148 Å². The van der Waals surface area contributed by atoms with E-state index in [1.807, 2.05) is 0 Å². The lowest BCUT2D eigenvalue weighted by molar-refractivity contribution is -0.132. The monoisotopic (exact) mass is 368 g/mol. The molecular formula is C18H25FN2O3S. The van der Waals surface area contributed by atoms with E-state index in [1.54, 1.807) is 27.4 Å². The van der Waals surface area contributed by atoms with Crippen LogP contribution in [0.25, 0.3) is 0 Å². The number of amides is 1. The zero-order chi connectivity index (χ0) is 17.9. The number of hydrogen-bond donors (Lipinski definition) is 0. The van der Waals surface area contributed by atoms with E-state index in [9.17, 15) is 17.6 Å². The molecule has 5 nitrogen and oxygen atoms in total. The lowest BCUT2D eigenvalue weighted by Gasteiger charge is -2.35.